The maximum atomic E-state index is 11.1. The van der Waals surface area contributed by atoms with Crippen molar-refractivity contribution in [2.75, 3.05) is 12.4 Å². The van der Waals surface area contributed by atoms with Crippen LogP contribution in [0.25, 0.3) is 0 Å². The van der Waals surface area contributed by atoms with Crippen molar-refractivity contribution in [1.29, 1.82) is 0 Å². The summed E-state index contributed by atoms with van der Waals surface area (Å²) in [6, 6.07) is 11.1. The highest BCUT2D eigenvalue weighted by atomic mass is 16.5. The molecule has 0 atom stereocenters. The Morgan fingerprint density at radius 2 is 1.95 bits per heavy atom. The van der Waals surface area contributed by atoms with Gasteiger partial charge in [0.05, 0.1) is 18.4 Å². The summed E-state index contributed by atoms with van der Waals surface area (Å²) >= 11 is 0. The van der Waals surface area contributed by atoms with Crippen LogP contribution in [0.4, 0.5) is 5.69 Å². The molecule has 2 aromatic rings. The van der Waals surface area contributed by atoms with Gasteiger partial charge in [0.2, 0.25) is 0 Å². The van der Waals surface area contributed by atoms with E-state index in [-0.39, 0.29) is 5.56 Å². The van der Waals surface area contributed by atoms with Crippen molar-refractivity contribution in [3.05, 3.63) is 58.7 Å². The van der Waals surface area contributed by atoms with E-state index in [1.807, 2.05) is 0 Å². The number of carbonyl (C=O) groups is 1. The number of nitrogens with one attached hydrogen (secondary N) is 1. The summed E-state index contributed by atoms with van der Waals surface area (Å²) < 4.78 is 5.27. The molecule has 0 saturated carbocycles. The minimum Gasteiger partial charge on any atom is -0.495 e. The molecular weight excluding hydrogens is 266 g/mol. The SMILES string of the molecule is COc1ccc(C(=O)O)cc1NCc1cc(C)ccc1C. The zero-order chi connectivity index (χ0) is 15.4. The topological polar surface area (TPSA) is 58.6 Å². The van der Waals surface area contributed by atoms with Crippen molar-refractivity contribution in [3.8, 4) is 5.75 Å². The number of benzene rings is 2. The van der Waals surface area contributed by atoms with E-state index in [1.165, 1.54) is 22.8 Å². The minimum atomic E-state index is -0.951. The van der Waals surface area contributed by atoms with Gasteiger partial charge in [-0.2, -0.15) is 0 Å². The Balaban J connectivity index is 2.24. The molecular formula is C17H19NO3. The second-order valence-corrected chi connectivity index (χ2v) is 5.00. The summed E-state index contributed by atoms with van der Waals surface area (Å²) in [5.41, 5.74) is 4.49. The zero-order valence-electron chi connectivity index (χ0n) is 12.4. The Hall–Kier alpha value is -2.49. The Kier molecular flexibility index (Phi) is 4.48. The number of hydrogen-bond donors (Lipinski definition) is 2. The van der Waals surface area contributed by atoms with Crippen LogP contribution < -0.4 is 10.1 Å². The molecule has 0 amide bonds. The van der Waals surface area contributed by atoms with Gasteiger partial charge in [-0.3, -0.25) is 0 Å². The summed E-state index contributed by atoms with van der Waals surface area (Å²) in [4.78, 5) is 11.1. The summed E-state index contributed by atoms with van der Waals surface area (Å²) in [5, 5.41) is 12.3. The lowest BCUT2D eigenvalue weighted by Gasteiger charge is -2.13. The van der Waals surface area contributed by atoms with Gasteiger partial charge in [0.25, 0.3) is 0 Å². The van der Waals surface area contributed by atoms with Gasteiger partial charge in [0.1, 0.15) is 5.75 Å². The quantitative estimate of drug-likeness (QED) is 0.881. The maximum Gasteiger partial charge on any atom is 0.335 e. The third-order valence-electron chi connectivity index (χ3n) is 3.42. The summed E-state index contributed by atoms with van der Waals surface area (Å²) in [5.74, 6) is -0.322. The van der Waals surface area contributed by atoms with E-state index in [0.717, 1.165) is 0 Å². The largest absolute Gasteiger partial charge is 0.495 e. The van der Waals surface area contributed by atoms with Gasteiger partial charge in [0, 0.05) is 6.54 Å². The number of carboxylic acids is 1. The second kappa shape index (κ2) is 6.31. The van der Waals surface area contributed by atoms with Crippen molar-refractivity contribution in [2.45, 2.75) is 20.4 Å². The molecule has 0 bridgehead atoms. The van der Waals surface area contributed by atoms with Gasteiger partial charge in [-0.15, -0.1) is 0 Å². The maximum absolute atomic E-state index is 11.1. The van der Waals surface area contributed by atoms with Crippen LogP contribution in [0.2, 0.25) is 0 Å². The highest BCUT2D eigenvalue weighted by Gasteiger charge is 2.09. The van der Waals surface area contributed by atoms with Gasteiger partial charge < -0.3 is 15.2 Å². The monoisotopic (exact) mass is 285 g/mol. The third-order valence-corrected chi connectivity index (χ3v) is 3.42. The number of rotatable bonds is 5. The van der Waals surface area contributed by atoms with E-state index in [4.69, 9.17) is 9.84 Å². The lowest BCUT2D eigenvalue weighted by Crippen LogP contribution is -2.05. The summed E-state index contributed by atoms with van der Waals surface area (Å²) in [6.45, 7) is 4.73. The van der Waals surface area contributed by atoms with E-state index >= 15 is 0 Å². The number of anilines is 1. The highest BCUT2D eigenvalue weighted by molar-refractivity contribution is 5.89. The number of methoxy groups -OCH3 is 1. The van der Waals surface area contributed by atoms with E-state index in [9.17, 15) is 4.79 Å². The molecule has 0 spiro atoms. The molecule has 0 fully saturated rings. The molecule has 2 aromatic carbocycles. The summed E-state index contributed by atoms with van der Waals surface area (Å²) in [6.07, 6.45) is 0. The molecule has 0 aliphatic carbocycles. The normalized spacial score (nSPS) is 10.2. The molecule has 0 unspecified atom stereocenters. The smallest absolute Gasteiger partial charge is 0.335 e. The highest BCUT2D eigenvalue weighted by Crippen LogP contribution is 2.26. The average Bonchev–Trinajstić information content (AvgIpc) is 2.47. The molecule has 21 heavy (non-hydrogen) atoms. The van der Waals surface area contributed by atoms with Gasteiger partial charge in [-0.05, 0) is 43.2 Å². The predicted molar refractivity (Wildman–Crippen MR) is 83.2 cm³/mol. The predicted octanol–water partition coefficient (Wildman–Crippen LogP) is 3.62. The van der Waals surface area contributed by atoms with Crippen LogP contribution in [0.3, 0.4) is 0 Å². The van der Waals surface area contributed by atoms with E-state index in [2.05, 4.69) is 37.4 Å². The molecule has 4 nitrogen and oxygen atoms in total. The first-order chi connectivity index (χ1) is 10.0. The fourth-order valence-corrected chi connectivity index (χ4v) is 2.16. The van der Waals surface area contributed by atoms with E-state index < -0.39 is 5.97 Å². The molecule has 0 aromatic heterocycles. The molecule has 0 aliphatic heterocycles. The number of ether oxygens (including phenoxy) is 1. The van der Waals surface area contributed by atoms with Crippen LogP contribution in [0.15, 0.2) is 36.4 Å². The molecule has 2 rings (SSSR count). The first-order valence-corrected chi connectivity index (χ1v) is 6.72. The lowest BCUT2D eigenvalue weighted by molar-refractivity contribution is 0.0697. The van der Waals surface area contributed by atoms with Gasteiger partial charge in [-0.1, -0.05) is 23.8 Å². The Bertz CT molecular complexity index is 665. The van der Waals surface area contributed by atoms with Crippen LogP contribution in [-0.2, 0) is 6.54 Å². The van der Waals surface area contributed by atoms with Crippen molar-refractivity contribution in [3.63, 3.8) is 0 Å². The van der Waals surface area contributed by atoms with Gasteiger partial charge >= 0.3 is 5.97 Å². The number of carboxylic acid groups (broad SMARTS) is 1. The zero-order valence-corrected chi connectivity index (χ0v) is 12.4. The van der Waals surface area contributed by atoms with Gasteiger partial charge in [-0.25, -0.2) is 4.79 Å². The van der Waals surface area contributed by atoms with Crippen LogP contribution in [-0.4, -0.2) is 18.2 Å². The lowest BCUT2D eigenvalue weighted by atomic mass is 10.1. The fraction of sp³-hybridized carbons (Fsp3) is 0.235. The number of aromatic carboxylic acids is 1. The molecule has 2 N–H and O–H groups in total. The van der Waals surface area contributed by atoms with Crippen molar-refractivity contribution < 1.29 is 14.6 Å². The van der Waals surface area contributed by atoms with Crippen LogP contribution in [0.5, 0.6) is 5.75 Å². The minimum absolute atomic E-state index is 0.235. The molecule has 0 saturated heterocycles. The Morgan fingerprint density at radius 3 is 2.62 bits per heavy atom. The Morgan fingerprint density at radius 1 is 1.19 bits per heavy atom. The number of aryl methyl sites for hydroxylation is 2. The van der Waals surface area contributed by atoms with Crippen molar-refractivity contribution in [1.82, 2.24) is 0 Å². The van der Waals surface area contributed by atoms with Crippen LogP contribution in [0.1, 0.15) is 27.0 Å². The van der Waals surface area contributed by atoms with Gasteiger partial charge in [0.15, 0.2) is 0 Å². The van der Waals surface area contributed by atoms with Crippen molar-refractivity contribution in [2.24, 2.45) is 0 Å². The summed E-state index contributed by atoms with van der Waals surface area (Å²) in [7, 11) is 1.57. The fourth-order valence-electron chi connectivity index (χ4n) is 2.16. The van der Waals surface area contributed by atoms with Crippen LogP contribution in [0, 0.1) is 13.8 Å². The molecule has 4 heteroatoms. The van der Waals surface area contributed by atoms with E-state index in [1.54, 1.807) is 19.2 Å². The number of hydrogen-bond acceptors (Lipinski definition) is 3. The molecule has 110 valence electrons. The second-order valence-electron chi connectivity index (χ2n) is 5.00. The molecule has 0 radical (unpaired) electrons. The molecule has 0 heterocycles. The molecule has 0 aliphatic rings. The first kappa shape index (κ1) is 14.9. The third kappa shape index (κ3) is 3.54. The van der Waals surface area contributed by atoms with E-state index in [0.29, 0.717) is 18.0 Å². The Labute approximate surface area is 124 Å². The first-order valence-electron chi connectivity index (χ1n) is 6.72. The van der Waals surface area contributed by atoms with Crippen molar-refractivity contribution >= 4 is 11.7 Å². The van der Waals surface area contributed by atoms with Crippen LogP contribution >= 0.6 is 0 Å². The standard InChI is InChI=1S/C17H19NO3/c1-11-4-5-12(2)14(8-11)10-18-15-9-13(17(19)20)6-7-16(15)21-3/h4-9,18H,10H2,1-3H3,(H,19,20). The average molecular weight is 285 g/mol.